The minimum atomic E-state index is -0.852. The number of aliphatic hydroxyl groups is 1. The molecule has 0 aliphatic carbocycles. The minimum absolute atomic E-state index is 0.189. The molecule has 1 saturated heterocycles. The molecule has 1 rings (SSSR count). The van der Waals surface area contributed by atoms with Gasteiger partial charge in [0.25, 0.3) is 0 Å². The van der Waals surface area contributed by atoms with Crippen molar-refractivity contribution in [2.75, 3.05) is 18.1 Å². The van der Waals surface area contributed by atoms with Crippen LogP contribution in [0.3, 0.4) is 0 Å². The van der Waals surface area contributed by atoms with Crippen molar-refractivity contribution in [1.29, 1.82) is 0 Å². The topological polar surface area (TPSA) is 57.5 Å². The van der Waals surface area contributed by atoms with E-state index >= 15 is 0 Å². The van der Waals surface area contributed by atoms with Crippen molar-refractivity contribution in [2.24, 2.45) is 11.8 Å². The van der Waals surface area contributed by atoms with Crippen LogP contribution in [0.25, 0.3) is 0 Å². The predicted octanol–water partition coefficient (Wildman–Crippen LogP) is 0.823. The highest BCUT2D eigenvalue weighted by atomic mass is 32.2. The van der Waals surface area contributed by atoms with Gasteiger partial charge in [0.1, 0.15) is 0 Å². The normalized spacial score (nSPS) is 22.1. The Bertz CT molecular complexity index is 154. The van der Waals surface area contributed by atoms with Gasteiger partial charge < -0.3 is 10.2 Å². The first-order valence-corrected chi connectivity index (χ1v) is 5.32. The predicted molar refractivity (Wildman–Crippen MR) is 48.3 cm³/mol. The third-order valence-electron chi connectivity index (χ3n) is 2.35. The molecule has 0 radical (unpaired) electrons. The summed E-state index contributed by atoms with van der Waals surface area (Å²) < 4.78 is 0. The Balaban J connectivity index is 2.46. The van der Waals surface area contributed by atoms with Crippen molar-refractivity contribution in [2.45, 2.75) is 12.8 Å². The zero-order chi connectivity index (χ0) is 8.97. The van der Waals surface area contributed by atoms with Crippen LogP contribution in [-0.4, -0.2) is 34.3 Å². The van der Waals surface area contributed by atoms with E-state index in [-0.39, 0.29) is 12.5 Å². The molecule has 0 bridgehead atoms. The summed E-state index contributed by atoms with van der Waals surface area (Å²) >= 11 is 1.86. The Kier molecular flexibility index (Phi) is 3.88. The lowest BCUT2D eigenvalue weighted by Crippen LogP contribution is -2.29. The maximum absolute atomic E-state index is 10.7. The molecule has 0 aromatic heterocycles. The molecule has 0 saturated carbocycles. The minimum Gasteiger partial charge on any atom is -0.481 e. The molecule has 3 nitrogen and oxygen atoms in total. The van der Waals surface area contributed by atoms with Crippen LogP contribution < -0.4 is 0 Å². The molecule has 1 heterocycles. The molecular formula is C8H14O3S. The Morgan fingerprint density at radius 3 is 2.50 bits per heavy atom. The fraction of sp³-hybridized carbons (Fsp3) is 0.875. The summed E-state index contributed by atoms with van der Waals surface area (Å²) in [6.07, 6.45) is 1.87. The largest absolute Gasteiger partial charge is 0.481 e. The fourth-order valence-electron chi connectivity index (χ4n) is 1.55. The van der Waals surface area contributed by atoms with Gasteiger partial charge in [0.2, 0.25) is 0 Å². The summed E-state index contributed by atoms with van der Waals surface area (Å²) in [5.74, 6) is 0.872. The molecule has 1 aliphatic rings. The van der Waals surface area contributed by atoms with Gasteiger partial charge in [-0.1, -0.05) is 0 Å². The summed E-state index contributed by atoms with van der Waals surface area (Å²) in [4.78, 5) is 10.7. The van der Waals surface area contributed by atoms with E-state index in [1.165, 1.54) is 0 Å². The highest BCUT2D eigenvalue weighted by Gasteiger charge is 2.28. The number of carboxylic acid groups (broad SMARTS) is 1. The van der Waals surface area contributed by atoms with E-state index in [0.717, 1.165) is 24.3 Å². The lowest BCUT2D eigenvalue weighted by atomic mass is 9.88. The molecule has 1 atom stereocenters. The van der Waals surface area contributed by atoms with Gasteiger partial charge in [-0.25, -0.2) is 0 Å². The monoisotopic (exact) mass is 190 g/mol. The van der Waals surface area contributed by atoms with Crippen LogP contribution in [-0.2, 0) is 4.79 Å². The number of carbonyl (C=O) groups is 1. The van der Waals surface area contributed by atoms with Crippen LogP contribution in [0.4, 0.5) is 0 Å². The Labute approximate surface area is 76.2 Å². The van der Waals surface area contributed by atoms with E-state index in [4.69, 9.17) is 10.2 Å². The van der Waals surface area contributed by atoms with Crippen LogP contribution in [0.5, 0.6) is 0 Å². The summed E-state index contributed by atoms with van der Waals surface area (Å²) in [7, 11) is 0. The molecule has 1 unspecified atom stereocenters. The first kappa shape index (κ1) is 9.86. The standard InChI is InChI=1S/C8H14O3S/c9-5-7(8(10)11)6-1-3-12-4-2-6/h6-7,9H,1-5H2,(H,10,11). The number of hydrogen-bond donors (Lipinski definition) is 2. The second-order valence-electron chi connectivity index (χ2n) is 3.08. The SMILES string of the molecule is O=C(O)C(CO)C1CCSCC1. The quantitative estimate of drug-likeness (QED) is 0.692. The molecule has 1 fully saturated rings. The number of carboxylic acids is 1. The van der Waals surface area contributed by atoms with Gasteiger partial charge in [0.15, 0.2) is 0 Å². The first-order chi connectivity index (χ1) is 5.75. The van der Waals surface area contributed by atoms with Crippen molar-refractivity contribution in [3.05, 3.63) is 0 Å². The van der Waals surface area contributed by atoms with Crippen LogP contribution in [0.2, 0.25) is 0 Å². The van der Waals surface area contributed by atoms with E-state index in [9.17, 15) is 4.79 Å². The molecular weight excluding hydrogens is 176 g/mol. The Hall–Kier alpha value is -0.220. The summed E-state index contributed by atoms with van der Waals surface area (Å²) in [6.45, 7) is -0.218. The maximum atomic E-state index is 10.7. The number of aliphatic hydroxyl groups excluding tert-OH is 1. The highest BCUT2D eigenvalue weighted by molar-refractivity contribution is 7.99. The molecule has 12 heavy (non-hydrogen) atoms. The van der Waals surface area contributed by atoms with E-state index in [1.54, 1.807) is 0 Å². The molecule has 0 spiro atoms. The molecule has 1 aliphatic heterocycles. The Morgan fingerprint density at radius 1 is 1.50 bits per heavy atom. The van der Waals surface area contributed by atoms with E-state index in [1.807, 2.05) is 11.8 Å². The number of rotatable bonds is 3. The van der Waals surface area contributed by atoms with Crippen LogP contribution in [0.15, 0.2) is 0 Å². The summed E-state index contributed by atoms with van der Waals surface area (Å²) in [5, 5.41) is 17.6. The van der Waals surface area contributed by atoms with Gasteiger partial charge in [0.05, 0.1) is 12.5 Å². The fourth-order valence-corrected chi connectivity index (χ4v) is 2.69. The zero-order valence-corrected chi connectivity index (χ0v) is 7.72. The smallest absolute Gasteiger partial charge is 0.309 e. The third kappa shape index (κ3) is 2.38. The number of aliphatic carboxylic acids is 1. The molecule has 2 N–H and O–H groups in total. The van der Waals surface area contributed by atoms with Gasteiger partial charge in [0, 0.05) is 0 Å². The molecule has 4 heteroatoms. The van der Waals surface area contributed by atoms with Crippen molar-refractivity contribution < 1.29 is 15.0 Å². The van der Waals surface area contributed by atoms with Crippen LogP contribution in [0, 0.1) is 11.8 Å². The summed E-state index contributed by atoms with van der Waals surface area (Å²) in [6, 6.07) is 0. The number of thioether (sulfide) groups is 1. The lowest BCUT2D eigenvalue weighted by molar-refractivity contribution is -0.145. The molecule has 70 valence electrons. The van der Waals surface area contributed by atoms with Gasteiger partial charge in [-0.05, 0) is 30.3 Å². The average molecular weight is 190 g/mol. The van der Waals surface area contributed by atoms with E-state index in [0.29, 0.717) is 0 Å². The molecule has 0 aromatic carbocycles. The number of hydrogen-bond acceptors (Lipinski definition) is 3. The van der Waals surface area contributed by atoms with E-state index < -0.39 is 11.9 Å². The van der Waals surface area contributed by atoms with E-state index in [2.05, 4.69) is 0 Å². The Morgan fingerprint density at radius 2 is 2.08 bits per heavy atom. The molecule has 0 amide bonds. The van der Waals surface area contributed by atoms with Crippen molar-refractivity contribution in [3.8, 4) is 0 Å². The van der Waals surface area contributed by atoms with Gasteiger partial charge in [-0.15, -0.1) is 0 Å². The van der Waals surface area contributed by atoms with Gasteiger partial charge in [-0.3, -0.25) is 4.79 Å². The first-order valence-electron chi connectivity index (χ1n) is 4.17. The van der Waals surface area contributed by atoms with Crippen molar-refractivity contribution in [1.82, 2.24) is 0 Å². The zero-order valence-electron chi connectivity index (χ0n) is 6.90. The second kappa shape index (κ2) is 4.72. The van der Waals surface area contributed by atoms with Crippen molar-refractivity contribution >= 4 is 17.7 Å². The van der Waals surface area contributed by atoms with Gasteiger partial charge >= 0.3 is 5.97 Å². The highest BCUT2D eigenvalue weighted by Crippen LogP contribution is 2.28. The lowest BCUT2D eigenvalue weighted by Gasteiger charge is -2.25. The van der Waals surface area contributed by atoms with Crippen molar-refractivity contribution in [3.63, 3.8) is 0 Å². The van der Waals surface area contributed by atoms with Gasteiger partial charge in [-0.2, -0.15) is 11.8 Å². The maximum Gasteiger partial charge on any atom is 0.309 e. The third-order valence-corrected chi connectivity index (χ3v) is 3.40. The second-order valence-corrected chi connectivity index (χ2v) is 4.30. The average Bonchev–Trinajstić information content (AvgIpc) is 2.07. The van der Waals surface area contributed by atoms with Crippen LogP contribution >= 0.6 is 11.8 Å². The molecule has 0 aromatic rings. The summed E-state index contributed by atoms with van der Waals surface area (Å²) in [5.41, 5.74) is 0. The van der Waals surface area contributed by atoms with Crippen LogP contribution in [0.1, 0.15) is 12.8 Å².